The summed E-state index contributed by atoms with van der Waals surface area (Å²) in [6.07, 6.45) is -2.39. The summed E-state index contributed by atoms with van der Waals surface area (Å²) < 4.78 is 29.2. The Morgan fingerprint density at radius 3 is 2.71 bits per heavy atom. The van der Waals surface area contributed by atoms with Crippen LogP contribution in [0, 0.1) is 0 Å². The van der Waals surface area contributed by atoms with Crippen molar-refractivity contribution in [3.05, 3.63) is 22.3 Å². The Morgan fingerprint density at radius 2 is 2.29 bits per heavy atom. The van der Waals surface area contributed by atoms with Crippen molar-refractivity contribution in [2.75, 3.05) is 7.11 Å². The average molecular weight is 222 g/mol. The van der Waals surface area contributed by atoms with Gasteiger partial charge in [0.1, 0.15) is 10.7 Å². The second-order valence-corrected chi connectivity index (χ2v) is 2.76. The Kier molecular flexibility index (Phi) is 3.35. The highest BCUT2D eigenvalue weighted by molar-refractivity contribution is 6.34. The number of alkyl halides is 2. The Balaban J connectivity index is 3.31. The monoisotopic (exact) mass is 221 g/mol. The van der Waals surface area contributed by atoms with Crippen LogP contribution in [0.5, 0.6) is 5.88 Å². The lowest BCUT2D eigenvalue weighted by Crippen LogP contribution is -1.98. The topological polar surface area (TPSA) is 39.2 Å². The van der Waals surface area contributed by atoms with Crippen molar-refractivity contribution in [2.45, 2.75) is 6.43 Å². The number of aromatic nitrogens is 1. The molecule has 14 heavy (non-hydrogen) atoms. The summed E-state index contributed by atoms with van der Waals surface area (Å²) >= 11 is 5.62. The summed E-state index contributed by atoms with van der Waals surface area (Å²) in [4.78, 5) is 13.9. The van der Waals surface area contributed by atoms with E-state index < -0.39 is 12.1 Å². The molecule has 0 aromatic carbocycles. The van der Waals surface area contributed by atoms with E-state index in [0.29, 0.717) is 6.29 Å². The molecular weight excluding hydrogens is 216 g/mol. The van der Waals surface area contributed by atoms with Crippen LogP contribution in [0.15, 0.2) is 6.07 Å². The fraction of sp³-hybridized carbons (Fsp3) is 0.250. The van der Waals surface area contributed by atoms with Gasteiger partial charge in [-0.2, -0.15) is 0 Å². The number of pyridine rings is 1. The van der Waals surface area contributed by atoms with Gasteiger partial charge in [-0.3, -0.25) is 4.79 Å². The first kappa shape index (κ1) is 10.8. The molecule has 0 unspecified atom stereocenters. The van der Waals surface area contributed by atoms with Crippen molar-refractivity contribution < 1.29 is 18.3 Å². The third kappa shape index (κ3) is 1.98. The Bertz CT molecular complexity index is 357. The first-order chi connectivity index (χ1) is 6.60. The van der Waals surface area contributed by atoms with Crippen LogP contribution in [0.3, 0.4) is 0 Å². The predicted octanol–water partition coefficient (Wildman–Crippen LogP) is 2.49. The van der Waals surface area contributed by atoms with E-state index in [1.807, 2.05) is 0 Å². The number of rotatable bonds is 3. The van der Waals surface area contributed by atoms with Crippen LogP contribution in [0.25, 0.3) is 0 Å². The van der Waals surface area contributed by atoms with Crippen molar-refractivity contribution in [1.29, 1.82) is 0 Å². The summed E-state index contributed by atoms with van der Waals surface area (Å²) in [5.41, 5.74) is -0.595. The molecular formula is C8H6ClF2NO2. The molecule has 76 valence electrons. The molecule has 1 aromatic heterocycles. The van der Waals surface area contributed by atoms with Gasteiger partial charge in [-0.15, -0.1) is 0 Å². The van der Waals surface area contributed by atoms with E-state index in [9.17, 15) is 13.6 Å². The minimum atomic E-state index is -2.76. The smallest absolute Gasteiger partial charge is 0.280 e. The maximum Gasteiger partial charge on any atom is 0.280 e. The molecule has 0 aliphatic heterocycles. The Labute approximate surface area is 83.7 Å². The van der Waals surface area contributed by atoms with Gasteiger partial charge in [-0.1, -0.05) is 11.6 Å². The zero-order valence-electron chi connectivity index (χ0n) is 7.13. The van der Waals surface area contributed by atoms with E-state index in [2.05, 4.69) is 9.72 Å². The number of carbonyl (C=O) groups excluding carboxylic acids is 1. The molecule has 0 N–H and O–H groups in total. The van der Waals surface area contributed by atoms with Gasteiger partial charge in [0.25, 0.3) is 6.43 Å². The number of hydrogen-bond acceptors (Lipinski definition) is 3. The van der Waals surface area contributed by atoms with Gasteiger partial charge in [-0.05, 0) is 6.07 Å². The van der Waals surface area contributed by atoms with E-state index >= 15 is 0 Å². The molecule has 0 aliphatic rings. The van der Waals surface area contributed by atoms with Crippen molar-refractivity contribution in [2.24, 2.45) is 0 Å². The van der Waals surface area contributed by atoms with Gasteiger partial charge in [-0.25, -0.2) is 13.8 Å². The van der Waals surface area contributed by atoms with Crippen LogP contribution < -0.4 is 4.74 Å². The third-order valence-corrected chi connectivity index (χ3v) is 1.90. The van der Waals surface area contributed by atoms with Crippen LogP contribution in [-0.4, -0.2) is 18.4 Å². The van der Waals surface area contributed by atoms with Crippen LogP contribution in [0.2, 0.25) is 5.02 Å². The maximum atomic E-state index is 12.3. The Hall–Kier alpha value is -1.23. The lowest BCUT2D eigenvalue weighted by Gasteiger charge is -2.06. The van der Waals surface area contributed by atoms with Gasteiger partial charge in [0, 0.05) is 5.56 Å². The summed E-state index contributed by atoms with van der Waals surface area (Å²) in [6.45, 7) is 0. The van der Waals surface area contributed by atoms with Crippen LogP contribution >= 0.6 is 11.6 Å². The molecule has 0 atom stereocenters. The predicted molar refractivity (Wildman–Crippen MR) is 46.1 cm³/mol. The van der Waals surface area contributed by atoms with E-state index in [1.165, 1.54) is 7.11 Å². The number of nitrogens with zero attached hydrogens (tertiary/aromatic N) is 1. The Morgan fingerprint density at radius 1 is 1.64 bits per heavy atom. The minimum absolute atomic E-state index is 0.0613. The SMILES string of the molecule is COc1nc(C(F)F)cc(C=O)c1Cl. The number of methoxy groups -OCH3 is 1. The molecule has 1 heterocycles. The van der Waals surface area contributed by atoms with Gasteiger partial charge in [0.2, 0.25) is 5.88 Å². The fourth-order valence-corrected chi connectivity index (χ4v) is 1.10. The average Bonchev–Trinajstić information content (AvgIpc) is 2.17. The molecule has 6 heteroatoms. The zero-order valence-corrected chi connectivity index (χ0v) is 7.89. The van der Waals surface area contributed by atoms with Crippen molar-refractivity contribution in [1.82, 2.24) is 4.98 Å². The number of carbonyl (C=O) groups is 1. The third-order valence-electron chi connectivity index (χ3n) is 1.52. The molecule has 1 aromatic rings. The molecule has 0 bridgehead atoms. The van der Waals surface area contributed by atoms with Gasteiger partial charge >= 0.3 is 0 Å². The summed E-state index contributed by atoms with van der Waals surface area (Å²) in [5.74, 6) is -0.174. The normalized spacial score (nSPS) is 10.4. The number of ether oxygens (including phenoxy) is 1. The van der Waals surface area contributed by atoms with Crippen LogP contribution in [-0.2, 0) is 0 Å². The summed E-state index contributed by atoms with van der Waals surface area (Å²) in [6, 6.07) is 0.933. The molecule has 0 saturated heterocycles. The number of halogens is 3. The summed E-state index contributed by atoms with van der Waals surface area (Å²) in [5, 5.41) is -0.0631. The molecule has 0 radical (unpaired) electrons. The molecule has 0 fully saturated rings. The number of aldehydes is 1. The molecule has 3 nitrogen and oxygen atoms in total. The first-order valence-corrected chi connectivity index (χ1v) is 3.95. The zero-order chi connectivity index (χ0) is 10.7. The van der Waals surface area contributed by atoms with Gasteiger partial charge in [0.05, 0.1) is 7.11 Å². The second kappa shape index (κ2) is 4.32. The van der Waals surface area contributed by atoms with E-state index in [-0.39, 0.29) is 16.5 Å². The fourth-order valence-electron chi connectivity index (χ4n) is 0.878. The van der Waals surface area contributed by atoms with Gasteiger partial charge < -0.3 is 4.74 Å². The first-order valence-electron chi connectivity index (χ1n) is 3.58. The molecule has 1 rings (SSSR count). The minimum Gasteiger partial charge on any atom is -0.480 e. The number of hydrogen-bond donors (Lipinski definition) is 0. The van der Waals surface area contributed by atoms with E-state index in [4.69, 9.17) is 11.6 Å². The lowest BCUT2D eigenvalue weighted by atomic mass is 10.2. The van der Waals surface area contributed by atoms with Crippen molar-refractivity contribution in [3.63, 3.8) is 0 Å². The van der Waals surface area contributed by atoms with Crippen molar-refractivity contribution >= 4 is 17.9 Å². The highest BCUT2D eigenvalue weighted by Gasteiger charge is 2.16. The van der Waals surface area contributed by atoms with Crippen molar-refractivity contribution in [3.8, 4) is 5.88 Å². The highest BCUT2D eigenvalue weighted by Crippen LogP contribution is 2.29. The van der Waals surface area contributed by atoms with Crippen LogP contribution in [0.1, 0.15) is 22.5 Å². The molecule has 0 saturated carbocycles. The largest absolute Gasteiger partial charge is 0.480 e. The van der Waals surface area contributed by atoms with Gasteiger partial charge in [0.15, 0.2) is 6.29 Å². The maximum absolute atomic E-state index is 12.3. The molecule has 0 aliphatic carbocycles. The quantitative estimate of drug-likeness (QED) is 0.736. The standard InChI is InChI=1S/C8H6ClF2NO2/c1-14-8-6(9)4(3-13)2-5(12-8)7(10)11/h2-3,7H,1H3. The molecule has 0 spiro atoms. The van der Waals surface area contributed by atoms with E-state index in [1.54, 1.807) is 0 Å². The molecule has 0 amide bonds. The highest BCUT2D eigenvalue weighted by atomic mass is 35.5. The van der Waals surface area contributed by atoms with Crippen LogP contribution in [0.4, 0.5) is 8.78 Å². The summed E-state index contributed by atoms with van der Waals surface area (Å²) in [7, 11) is 1.23. The van der Waals surface area contributed by atoms with E-state index in [0.717, 1.165) is 6.07 Å². The second-order valence-electron chi connectivity index (χ2n) is 2.38. The lowest BCUT2D eigenvalue weighted by molar-refractivity contribution is 0.112.